The minimum atomic E-state index is -4.53. The molecule has 1 aromatic heterocycles. The molecule has 0 fully saturated rings. The van der Waals surface area contributed by atoms with E-state index in [0.29, 0.717) is 29.3 Å². The third kappa shape index (κ3) is 6.38. The fraction of sp³-hybridized carbons (Fsp3) is 0.160. The molecule has 2 aromatic carbocycles. The molecule has 3 N–H and O–H groups in total. The number of aromatic nitrogens is 1. The van der Waals surface area contributed by atoms with Gasteiger partial charge in [-0.15, -0.1) is 0 Å². The van der Waals surface area contributed by atoms with Gasteiger partial charge in [-0.25, -0.2) is 0 Å². The number of benzene rings is 2. The molecule has 180 valence electrons. The maximum Gasteiger partial charge on any atom is 0.416 e. The number of aliphatic imine (C=N–C) groups is 1. The average Bonchev–Trinajstić information content (AvgIpc) is 3.38. The van der Waals surface area contributed by atoms with Crippen molar-refractivity contribution in [2.24, 2.45) is 4.99 Å². The molecular weight excluding hydrogens is 459 g/mol. The lowest BCUT2D eigenvalue weighted by atomic mass is 10.1. The molecule has 0 spiro atoms. The van der Waals surface area contributed by atoms with Crippen molar-refractivity contribution in [3.05, 3.63) is 83.7 Å². The predicted octanol–water partition coefficient (Wildman–Crippen LogP) is 4.94. The minimum Gasteiger partial charge on any atom is -0.457 e. The van der Waals surface area contributed by atoms with Crippen molar-refractivity contribution in [3.63, 3.8) is 0 Å². The van der Waals surface area contributed by atoms with Gasteiger partial charge in [-0.1, -0.05) is 12.1 Å². The van der Waals surface area contributed by atoms with Crippen LogP contribution in [0.4, 0.5) is 24.5 Å². The Bertz CT molecular complexity index is 1290. The number of carbonyl (C=O) groups excluding carboxylic acids is 1. The van der Waals surface area contributed by atoms with Crippen molar-refractivity contribution in [3.8, 4) is 11.5 Å². The van der Waals surface area contributed by atoms with Crippen LogP contribution in [0.25, 0.3) is 6.08 Å². The molecular formula is C25H22F3N5O2. The molecule has 0 unspecified atom stereocenters. The van der Waals surface area contributed by atoms with Crippen molar-refractivity contribution < 1.29 is 22.7 Å². The standard InChI is InChI=1S/C25H22F3N5O2/c1-29-18-12-17(25(26,27)28)13-19(14-18)33-23(34)6-5-16-3-2-4-20(11-16)35-21-7-8-30-22(15-21)24-31-9-10-32-24/h2-8,11-15,29H,9-10H2,1H3,(H,31,32)(H,33,34)/b6-5+. The first-order valence-corrected chi connectivity index (χ1v) is 10.7. The highest BCUT2D eigenvalue weighted by atomic mass is 19.4. The number of amides is 1. The maximum atomic E-state index is 13.1. The summed E-state index contributed by atoms with van der Waals surface area (Å²) in [7, 11) is 1.50. The number of alkyl halides is 3. The second-order valence-corrected chi connectivity index (χ2v) is 7.58. The Morgan fingerprint density at radius 2 is 1.89 bits per heavy atom. The molecule has 0 radical (unpaired) electrons. The van der Waals surface area contributed by atoms with Crippen LogP contribution in [0, 0.1) is 0 Å². The third-order valence-electron chi connectivity index (χ3n) is 4.99. The number of nitrogens with zero attached hydrogens (tertiary/aromatic N) is 2. The Kier molecular flexibility index (Phi) is 7.00. The molecule has 0 saturated carbocycles. The van der Waals surface area contributed by atoms with Gasteiger partial charge in [0.2, 0.25) is 5.91 Å². The van der Waals surface area contributed by atoms with Crippen LogP contribution in [-0.2, 0) is 11.0 Å². The highest BCUT2D eigenvalue weighted by molar-refractivity contribution is 6.02. The van der Waals surface area contributed by atoms with Gasteiger partial charge in [0.15, 0.2) is 0 Å². The van der Waals surface area contributed by atoms with Gasteiger partial charge < -0.3 is 20.7 Å². The normalized spacial score (nSPS) is 13.3. The smallest absolute Gasteiger partial charge is 0.416 e. The van der Waals surface area contributed by atoms with Gasteiger partial charge in [0, 0.05) is 43.3 Å². The summed E-state index contributed by atoms with van der Waals surface area (Å²) in [5.74, 6) is 1.28. The number of halogens is 3. The summed E-state index contributed by atoms with van der Waals surface area (Å²) in [6.45, 7) is 1.48. The Labute approximate surface area is 199 Å². The van der Waals surface area contributed by atoms with E-state index >= 15 is 0 Å². The van der Waals surface area contributed by atoms with Crippen LogP contribution in [0.2, 0.25) is 0 Å². The fourth-order valence-corrected chi connectivity index (χ4v) is 3.36. The van der Waals surface area contributed by atoms with Crippen molar-refractivity contribution in [2.45, 2.75) is 6.18 Å². The van der Waals surface area contributed by atoms with E-state index in [2.05, 4.69) is 25.9 Å². The van der Waals surface area contributed by atoms with Crippen LogP contribution in [0.1, 0.15) is 16.8 Å². The number of rotatable bonds is 7. The summed E-state index contributed by atoms with van der Waals surface area (Å²) in [6.07, 6.45) is -0.107. The largest absolute Gasteiger partial charge is 0.457 e. The van der Waals surface area contributed by atoms with Gasteiger partial charge in [0.05, 0.1) is 12.1 Å². The number of nitrogens with one attached hydrogen (secondary N) is 3. The molecule has 0 saturated heterocycles. The first-order chi connectivity index (χ1) is 16.8. The third-order valence-corrected chi connectivity index (χ3v) is 4.99. The maximum absolute atomic E-state index is 13.1. The quantitative estimate of drug-likeness (QED) is 0.417. The fourth-order valence-electron chi connectivity index (χ4n) is 3.36. The summed E-state index contributed by atoms with van der Waals surface area (Å²) in [4.78, 5) is 21.0. The molecule has 10 heteroatoms. The lowest BCUT2D eigenvalue weighted by Crippen LogP contribution is -2.20. The van der Waals surface area contributed by atoms with Crippen LogP contribution in [0.5, 0.6) is 11.5 Å². The molecule has 1 aliphatic heterocycles. The van der Waals surface area contributed by atoms with E-state index < -0.39 is 17.6 Å². The first kappa shape index (κ1) is 23.8. The number of hydrogen-bond donors (Lipinski definition) is 3. The van der Waals surface area contributed by atoms with E-state index in [9.17, 15) is 18.0 Å². The van der Waals surface area contributed by atoms with Gasteiger partial charge in [0.25, 0.3) is 0 Å². The van der Waals surface area contributed by atoms with Crippen molar-refractivity contribution in [1.29, 1.82) is 0 Å². The zero-order chi connectivity index (χ0) is 24.8. The molecule has 4 rings (SSSR count). The van der Waals surface area contributed by atoms with E-state index in [-0.39, 0.29) is 11.4 Å². The molecule has 1 amide bonds. The minimum absolute atomic E-state index is 0.0331. The van der Waals surface area contributed by atoms with E-state index in [4.69, 9.17) is 4.74 Å². The second kappa shape index (κ2) is 10.3. The molecule has 0 bridgehead atoms. The summed E-state index contributed by atoms with van der Waals surface area (Å²) in [5, 5.41) is 8.29. The monoisotopic (exact) mass is 481 g/mol. The first-order valence-electron chi connectivity index (χ1n) is 10.7. The topological polar surface area (TPSA) is 87.6 Å². The van der Waals surface area contributed by atoms with Crippen molar-refractivity contribution >= 4 is 29.2 Å². The van der Waals surface area contributed by atoms with Crippen LogP contribution in [0.3, 0.4) is 0 Å². The molecule has 2 heterocycles. The molecule has 0 aliphatic carbocycles. The molecule has 0 atom stereocenters. The summed E-state index contributed by atoms with van der Waals surface area (Å²) < 4.78 is 45.2. The predicted molar refractivity (Wildman–Crippen MR) is 129 cm³/mol. The lowest BCUT2D eigenvalue weighted by molar-refractivity contribution is -0.137. The zero-order valence-electron chi connectivity index (χ0n) is 18.7. The summed E-state index contributed by atoms with van der Waals surface area (Å²) in [6, 6.07) is 13.8. The number of anilines is 2. The zero-order valence-corrected chi connectivity index (χ0v) is 18.7. The summed E-state index contributed by atoms with van der Waals surface area (Å²) >= 11 is 0. The number of ether oxygens (including phenoxy) is 1. The van der Waals surface area contributed by atoms with Gasteiger partial charge in [0.1, 0.15) is 23.0 Å². The van der Waals surface area contributed by atoms with Gasteiger partial charge >= 0.3 is 6.18 Å². The van der Waals surface area contributed by atoms with E-state index in [0.717, 1.165) is 24.5 Å². The highest BCUT2D eigenvalue weighted by Gasteiger charge is 2.31. The SMILES string of the molecule is CNc1cc(NC(=O)/C=C/c2cccc(Oc3ccnc(C4=NCCN4)c3)c2)cc(C(F)(F)F)c1. The number of pyridine rings is 1. The van der Waals surface area contributed by atoms with Gasteiger partial charge in [-0.2, -0.15) is 13.2 Å². The van der Waals surface area contributed by atoms with Crippen molar-refractivity contribution in [2.75, 3.05) is 30.8 Å². The molecule has 7 nitrogen and oxygen atoms in total. The summed E-state index contributed by atoms with van der Waals surface area (Å²) in [5.41, 5.74) is 0.769. The lowest BCUT2D eigenvalue weighted by Gasteiger charge is -2.12. The molecule has 3 aromatic rings. The van der Waals surface area contributed by atoms with Crippen molar-refractivity contribution in [1.82, 2.24) is 10.3 Å². The molecule has 35 heavy (non-hydrogen) atoms. The van der Waals surface area contributed by atoms with E-state index in [1.165, 1.54) is 19.2 Å². The van der Waals surface area contributed by atoms with Crippen LogP contribution in [0.15, 0.2) is 71.9 Å². The highest BCUT2D eigenvalue weighted by Crippen LogP contribution is 2.33. The van der Waals surface area contributed by atoms with Gasteiger partial charge in [-0.3, -0.25) is 14.8 Å². The van der Waals surface area contributed by atoms with E-state index in [1.54, 1.807) is 48.7 Å². The Hall–Kier alpha value is -4.34. The van der Waals surface area contributed by atoms with Crippen LogP contribution >= 0.6 is 0 Å². The Morgan fingerprint density at radius 1 is 1.09 bits per heavy atom. The number of carbonyl (C=O) groups is 1. The van der Waals surface area contributed by atoms with Crippen LogP contribution in [-0.4, -0.2) is 36.9 Å². The van der Waals surface area contributed by atoms with E-state index in [1.807, 2.05) is 0 Å². The number of hydrogen-bond acceptors (Lipinski definition) is 6. The average molecular weight is 481 g/mol. The molecule has 1 aliphatic rings. The second-order valence-electron chi connectivity index (χ2n) is 7.58. The van der Waals surface area contributed by atoms with Crippen LogP contribution < -0.4 is 20.7 Å². The van der Waals surface area contributed by atoms with Gasteiger partial charge in [-0.05, 0) is 48.0 Å². The Morgan fingerprint density at radius 3 is 2.63 bits per heavy atom. The number of amidine groups is 1. The Balaban J connectivity index is 1.43.